The van der Waals surface area contributed by atoms with Crippen molar-refractivity contribution in [3.8, 4) is 39.1 Å². The molecule has 0 fully saturated rings. The molecule has 2 N–H and O–H groups in total. The van der Waals surface area contributed by atoms with Gasteiger partial charge in [-0.15, -0.1) is 0 Å². The molecule has 0 aliphatic heterocycles. The zero-order valence-electron chi connectivity index (χ0n) is 32.9. The molecule has 9 aromatic rings. The van der Waals surface area contributed by atoms with Crippen LogP contribution in [0.1, 0.15) is 41.7 Å². The first-order valence-corrected chi connectivity index (χ1v) is 20.2. The molecule has 8 aromatic carbocycles. The summed E-state index contributed by atoms with van der Waals surface area (Å²) in [5, 5.41) is 2.48. The quantitative estimate of drug-likeness (QED) is 0.154. The largest absolute Gasteiger partial charge is 0.398 e. The van der Waals surface area contributed by atoms with Crippen molar-refractivity contribution < 1.29 is 0 Å². The highest BCUT2D eigenvalue weighted by atomic mass is 15.0. The van der Waals surface area contributed by atoms with Crippen molar-refractivity contribution >= 4 is 33.1 Å². The maximum Gasteiger partial charge on any atom is 0.0547 e. The lowest BCUT2D eigenvalue weighted by atomic mass is 9.81. The lowest BCUT2D eigenvalue weighted by Crippen LogP contribution is -2.14. The molecular formula is C56H44N2. The van der Waals surface area contributed by atoms with Crippen LogP contribution in [0.5, 0.6) is 0 Å². The number of nitrogens with two attached hydrogens (primary N) is 1. The van der Waals surface area contributed by atoms with Gasteiger partial charge in [-0.25, -0.2) is 0 Å². The van der Waals surface area contributed by atoms with Crippen molar-refractivity contribution in [3.05, 3.63) is 234 Å². The van der Waals surface area contributed by atoms with Crippen LogP contribution in [-0.2, 0) is 11.8 Å². The molecule has 0 radical (unpaired) electrons. The normalized spacial score (nSPS) is 13.5. The summed E-state index contributed by atoms with van der Waals surface area (Å²) in [6.07, 6.45) is 5.20. The first-order chi connectivity index (χ1) is 28.4. The minimum Gasteiger partial charge on any atom is -0.398 e. The van der Waals surface area contributed by atoms with Gasteiger partial charge in [-0.3, -0.25) is 0 Å². The Hall–Kier alpha value is -7.16. The summed E-state index contributed by atoms with van der Waals surface area (Å²) in [4.78, 5) is 0. The Balaban J connectivity index is 1.03. The maximum absolute atomic E-state index is 6.70. The van der Waals surface area contributed by atoms with Crippen LogP contribution in [0, 0.1) is 0 Å². The number of para-hydroxylation sites is 1. The summed E-state index contributed by atoms with van der Waals surface area (Å²) in [5.74, 6) is 0. The number of benzene rings is 8. The second-order valence-electron chi connectivity index (χ2n) is 16.0. The van der Waals surface area contributed by atoms with Gasteiger partial charge in [-0.1, -0.05) is 178 Å². The number of hydrogen-bond acceptors (Lipinski definition) is 1. The third kappa shape index (κ3) is 6.24. The Morgan fingerprint density at radius 2 is 1.12 bits per heavy atom. The monoisotopic (exact) mass is 744 g/mol. The smallest absolute Gasteiger partial charge is 0.0547 e. The zero-order valence-corrected chi connectivity index (χ0v) is 32.9. The van der Waals surface area contributed by atoms with E-state index >= 15 is 0 Å². The van der Waals surface area contributed by atoms with E-state index in [1.54, 1.807) is 0 Å². The topological polar surface area (TPSA) is 30.9 Å². The van der Waals surface area contributed by atoms with Crippen molar-refractivity contribution in [1.29, 1.82) is 0 Å². The van der Waals surface area contributed by atoms with Crippen LogP contribution in [0.4, 0.5) is 0 Å². The summed E-state index contributed by atoms with van der Waals surface area (Å²) in [6.45, 7) is 4.70. The molecule has 1 heterocycles. The van der Waals surface area contributed by atoms with Gasteiger partial charge in [0.1, 0.15) is 0 Å². The second-order valence-corrected chi connectivity index (χ2v) is 16.0. The summed E-state index contributed by atoms with van der Waals surface area (Å²) in [7, 11) is 0. The van der Waals surface area contributed by atoms with Gasteiger partial charge in [0.2, 0.25) is 0 Å². The fraction of sp³-hybridized carbons (Fsp3) is 0.0714. The fourth-order valence-electron chi connectivity index (χ4n) is 8.98. The van der Waals surface area contributed by atoms with Crippen LogP contribution in [-0.4, -0.2) is 4.57 Å². The lowest BCUT2D eigenvalue weighted by Gasteiger charge is -2.22. The molecule has 0 saturated heterocycles. The molecule has 10 rings (SSSR count). The van der Waals surface area contributed by atoms with E-state index in [0.29, 0.717) is 0 Å². The molecule has 1 aliphatic rings. The number of aromatic nitrogens is 1. The number of hydrogen-bond donors (Lipinski definition) is 1. The van der Waals surface area contributed by atoms with Gasteiger partial charge in [-0.2, -0.15) is 0 Å². The molecule has 0 saturated carbocycles. The molecule has 58 heavy (non-hydrogen) atoms. The van der Waals surface area contributed by atoms with Gasteiger partial charge in [0.25, 0.3) is 0 Å². The predicted octanol–water partition coefficient (Wildman–Crippen LogP) is 14.0. The SMILES string of the molecule is CC1(C)c2ccccc2-c2ccc(-c3cccc(-c4ccc5c6ccccc6n(-c6ccc(C(/C=C(\N)c7ccccc7)=C/Cc7ccccc7)cc6)c5c4)c3)cc21. The van der Waals surface area contributed by atoms with E-state index in [-0.39, 0.29) is 5.41 Å². The Kier molecular flexibility index (Phi) is 8.76. The summed E-state index contributed by atoms with van der Waals surface area (Å²) in [6, 6.07) is 70.2. The highest BCUT2D eigenvalue weighted by Gasteiger charge is 2.35. The summed E-state index contributed by atoms with van der Waals surface area (Å²) in [5.41, 5.74) is 25.7. The standard InChI is InChI=1S/C56H44N2/c1-56(2)51-22-11-9-20-47(51)48-32-28-43(35-52(48)56)41-18-13-19-42(34-41)45-29-33-50-49-21-10-12-23-54(49)58(55(50)37-45)46-30-26-39(27-31-46)44(25-24-38-14-5-3-6-15-38)36-53(57)40-16-7-4-8-17-40/h3-23,25-37H,24,57H2,1-2H3/b44-25+,53-36-. The Labute approximate surface area is 340 Å². The van der Waals surface area contributed by atoms with Gasteiger partial charge in [-0.05, 0) is 116 Å². The molecule has 2 heteroatoms. The van der Waals surface area contributed by atoms with E-state index in [9.17, 15) is 0 Å². The molecule has 0 spiro atoms. The molecule has 1 aromatic heterocycles. The molecule has 2 nitrogen and oxygen atoms in total. The van der Waals surface area contributed by atoms with Crippen molar-refractivity contribution in [2.45, 2.75) is 25.7 Å². The van der Waals surface area contributed by atoms with Gasteiger partial charge < -0.3 is 10.3 Å². The van der Waals surface area contributed by atoms with Crippen molar-refractivity contribution in [3.63, 3.8) is 0 Å². The first-order valence-electron chi connectivity index (χ1n) is 20.2. The van der Waals surface area contributed by atoms with Crippen LogP contribution in [0.25, 0.3) is 72.1 Å². The lowest BCUT2D eigenvalue weighted by molar-refractivity contribution is 0.660. The number of allylic oxidation sites excluding steroid dienone is 3. The van der Waals surface area contributed by atoms with Crippen molar-refractivity contribution in [2.75, 3.05) is 0 Å². The fourth-order valence-corrected chi connectivity index (χ4v) is 8.98. The highest BCUT2D eigenvalue weighted by Crippen LogP contribution is 2.49. The van der Waals surface area contributed by atoms with Gasteiger partial charge in [0.15, 0.2) is 0 Å². The minimum atomic E-state index is -0.0393. The third-order valence-electron chi connectivity index (χ3n) is 12.1. The minimum absolute atomic E-state index is 0.0393. The van der Waals surface area contributed by atoms with Crippen LogP contribution in [0.2, 0.25) is 0 Å². The molecule has 0 amide bonds. The number of rotatable bonds is 8. The Bertz CT molecular complexity index is 3030. The van der Waals surface area contributed by atoms with Crippen LogP contribution < -0.4 is 5.73 Å². The van der Waals surface area contributed by atoms with Crippen LogP contribution in [0.3, 0.4) is 0 Å². The van der Waals surface area contributed by atoms with E-state index in [2.05, 4.69) is 206 Å². The predicted molar refractivity (Wildman–Crippen MR) is 246 cm³/mol. The van der Waals surface area contributed by atoms with Gasteiger partial charge in [0.05, 0.1) is 11.0 Å². The van der Waals surface area contributed by atoms with Gasteiger partial charge in [0, 0.05) is 27.6 Å². The average molecular weight is 745 g/mol. The Morgan fingerprint density at radius 3 is 1.91 bits per heavy atom. The summed E-state index contributed by atoms with van der Waals surface area (Å²) >= 11 is 0. The summed E-state index contributed by atoms with van der Waals surface area (Å²) < 4.78 is 2.41. The van der Waals surface area contributed by atoms with E-state index < -0.39 is 0 Å². The molecular weight excluding hydrogens is 701 g/mol. The van der Waals surface area contributed by atoms with Crippen LogP contribution in [0.15, 0.2) is 206 Å². The number of nitrogens with zero attached hydrogens (tertiary/aromatic N) is 1. The van der Waals surface area contributed by atoms with Crippen molar-refractivity contribution in [2.24, 2.45) is 5.73 Å². The van der Waals surface area contributed by atoms with E-state index in [1.165, 1.54) is 71.9 Å². The first kappa shape index (κ1) is 35.3. The third-order valence-corrected chi connectivity index (χ3v) is 12.1. The van der Waals surface area contributed by atoms with Gasteiger partial charge >= 0.3 is 0 Å². The Morgan fingerprint density at radius 1 is 0.500 bits per heavy atom. The van der Waals surface area contributed by atoms with Crippen molar-refractivity contribution in [1.82, 2.24) is 4.57 Å². The molecule has 1 aliphatic carbocycles. The van der Waals surface area contributed by atoms with E-state index in [0.717, 1.165) is 34.5 Å². The second kappa shape index (κ2) is 14.4. The zero-order chi connectivity index (χ0) is 39.2. The maximum atomic E-state index is 6.70. The van der Waals surface area contributed by atoms with E-state index in [4.69, 9.17) is 5.73 Å². The van der Waals surface area contributed by atoms with Crippen LogP contribution >= 0.6 is 0 Å². The molecule has 278 valence electrons. The molecule has 0 bridgehead atoms. The molecule has 0 atom stereocenters. The van der Waals surface area contributed by atoms with E-state index in [1.807, 2.05) is 18.2 Å². The highest BCUT2D eigenvalue weighted by molar-refractivity contribution is 6.10. The average Bonchev–Trinajstić information content (AvgIpc) is 3.73. The molecule has 0 unspecified atom stereocenters. The number of fused-ring (bicyclic) bond motifs is 6.